The highest BCUT2D eigenvalue weighted by molar-refractivity contribution is 9.10. The van der Waals surface area contributed by atoms with E-state index < -0.39 is 5.97 Å². The monoisotopic (exact) mass is 409 g/mol. The molecule has 1 aliphatic carbocycles. The summed E-state index contributed by atoms with van der Waals surface area (Å²) in [6, 6.07) is 5.67. The number of methoxy groups -OCH3 is 1. The van der Waals surface area contributed by atoms with Gasteiger partial charge in [0.1, 0.15) is 5.75 Å². The normalized spacial score (nSPS) is 20.3. The number of esters is 1. The van der Waals surface area contributed by atoms with E-state index in [4.69, 9.17) is 9.47 Å². The van der Waals surface area contributed by atoms with Crippen molar-refractivity contribution in [2.45, 2.75) is 38.6 Å². The van der Waals surface area contributed by atoms with Gasteiger partial charge in [0.15, 0.2) is 6.61 Å². The first-order chi connectivity index (χ1) is 12.0. The van der Waals surface area contributed by atoms with Gasteiger partial charge < -0.3 is 14.8 Å². The van der Waals surface area contributed by atoms with Crippen molar-refractivity contribution in [1.29, 1.82) is 0 Å². The first kappa shape index (κ1) is 19.5. The van der Waals surface area contributed by atoms with E-state index in [1.165, 1.54) is 12.5 Å². The second kappa shape index (κ2) is 9.61. The zero-order valence-electron chi connectivity index (χ0n) is 14.6. The minimum atomic E-state index is -0.561. The predicted octanol–water partition coefficient (Wildman–Crippen LogP) is 3.71. The quantitative estimate of drug-likeness (QED) is 0.574. The average molecular weight is 410 g/mol. The third-order valence-corrected chi connectivity index (χ3v) is 4.89. The van der Waals surface area contributed by atoms with E-state index in [1.807, 2.05) is 12.1 Å². The van der Waals surface area contributed by atoms with E-state index >= 15 is 0 Å². The third kappa shape index (κ3) is 6.20. The molecule has 0 heterocycles. The van der Waals surface area contributed by atoms with Crippen LogP contribution in [0.5, 0.6) is 5.75 Å². The lowest BCUT2D eigenvalue weighted by Crippen LogP contribution is -2.42. The Morgan fingerprint density at radius 1 is 1.32 bits per heavy atom. The van der Waals surface area contributed by atoms with Crippen molar-refractivity contribution in [3.05, 3.63) is 34.3 Å². The van der Waals surface area contributed by atoms with E-state index in [0.717, 1.165) is 29.3 Å². The lowest BCUT2D eigenvalue weighted by Gasteiger charge is -2.29. The highest BCUT2D eigenvalue weighted by Gasteiger charge is 2.22. The minimum Gasteiger partial charge on any atom is -0.496 e. The van der Waals surface area contributed by atoms with Crippen LogP contribution in [0, 0.1) is 5.92 Å². The third-order valence-electron chi connectivity index (χ3n) is 4.39. The van der Waals surface area contributed by atoms with Crippen LogP contribution in [0.2, 0.25) is 0 Å². The van der Waals surface area contributed by atoms with Crippen molar-refractivity contribution in [3.63, 3.8) is 0 Å². The Morgan fingerprint density at radius 2 is 2.08 bits per heavy atom. The summed E-state index contributed by atoms with van der Waals surface area (Å²) in [6.07, 6.45) is 7.36. The number of hydrogen-bond donors (Lipinski definition) is 1. The van der Waals surface area contributed by atoms with Crippen LogP contribution < -0.4 is 10.1 Å². The summed E-state index contributed by atoms with van der Waals surface area (Å²) in [4.78, 5) is 23.8. The Bertz CT molecular complexity index is 644. The molecule has 1 aromatic carbocycles. The van der Waals surface area contributed by atoms with Gasteiger partial charge in [0.2, 0.25) is 0 Å². The molecule has 0 aromatic heterocycles. The molecule has 1 amide bonds. The van der Waals surface area contributed by atoms with Gasteiger partial charge >= 0.3 is 5.97 Å². The van der Waals surface area contributed by atoms with Crippen LogP contribution in [0.1, 0.15) is 38.2 Å². The van der Waals surface area contributed by atoms with Crippen molar-refractivity contribution in [2.24, 2.45) is 5.92 Å². The van der Waals surface area contributed by atoms with E-state index in [0.29, 0.717) is 11.7 Å². The highest BCUT2D eigenvalue weighted by atomic mass is 79.9. The van der Waals surface area contributed by atoms with Crippen LogP contribution in [0.25, 0.3) is 6.08 Å². The van der Waals surface area contributed by atoms with Gasteiger partial charge in [0, 0.05) is 22.2 Å². The summed E-state index contributed by atoms with van der Waals surface area (Å²) >= 11 is 3.38. The molecule has 6 heteroatoms. The summed E-state index contributed by atoms with van der Waals surface area (Å²) < 4.78 is 11.1. The lowest BCUT2D eigenvalue weighted by atomic mass is 9.86. The average Bonchev–Trinajstić information content (AvgIpc) is 2.60. The molecule has 1 fully saturated rings. The number of ether oxygens (including phenoxy) is 2. The number of nitrogens with one attached hydrogen (secondary N) is 1. The molecule has 0 aliphatic heterocycles. The van der Waals surface area contributed by atoms with E-state index in [9.17, 15) is 9.59 Å². The zero-order valence-corrected chi connectivity index (χ0v) is 16.2. The number of amides is 1. The Balaban J connectivity index is 1.82. The van der Waals surface area contributed by atoms with Gasteiger partial charge in [0.05, 0.1) is 7.11 Å². The number of rotatable bonds is 6. The van der Waals surface area contributed by atoms with Crippen LogP contribution in [-0.4, -0.2) is 31.6 Å². The molecule has 0 saturated heterocycles. The predicted molar refractivity (Wildman–Crippen MR) is 100 cm³/mol. The van der Waals surface area contributed by atoms with Crippen LogP contribution in [0.4, 0.5) is 0 Å². The molecule has 0 radical (unpaired) electrons. The first-order valence-electron chi connectivity index (χ1n) is 8.47. The van der Waals surface area contributed by atoms with Crippen LogP contribution in [-0.2, 0) is 14.3 Å². The summed E-state index contributed by atoms with van der Waals surface area (Å²) in [5, 5.41) is 2.96. The van der Waals surface area contributed by atoms with Gasteiger partial charge in [-0.15, -0.1) is 0 Å². The fraction of sp³-hybridized carbons (Fsp3) is 0.474. The fourth-order valence-corrected chi connectivity index (χ4v) is 3.34. The Labute approximate surface area is 156 Å². The Kier molecular flexibility index (Phi) is 7.50. The Morgan fingerprint density at radius 3 is 2.80 bits per heavy atom. The molecule has 1 saturated carbocycles. The van der Waals surface area contributed by atoms with Crippen LogP contribution >= 0.6 is 15.9 Å². The van der Waals surface area contributed by atoms with Crippen LogP contribution in [0.3, 0.4) is 0 Å². The molecule has 2 atom stereocenters. The molecule has 136 valence electrons. The van der Waals surface area contributed by atoms with Crippen molar-refractivity contribution in [2.75, 3.05) is 13.7 Å². The van der Waals surface area contributed by atoms with E-state index in [2.05, 4.69) is 28.2 Å². The molecule has 1 N–H and O–H groups in total. The number of carbonyl (C=O) groups excluding carboxylic acids is 2. The maximum atomic E-state index is 11.9. The number of benzene rings is 1. The summed E-state index contributed by atoms with van der Waals surface area (Å²) in [5.74, 6) is 0.308. The van der Waals surface area contributed by atoms with Gasteiger partial charge in [-0.05, 0) is 43.0 Å². The van der Waals surface area contributed by atoms with Gasteiger partial charge in [-0.1, -0.05) is 35.7 Å². The first-order valence-corrected chi connectivity index (χ1v) is 9.26. The molecule has 0 spiro atoms. The summed E-state index contributed by atoms with van der Waals surface area (Å²) in [6.45, 7) is 1.88. The molecule has 5 nitrogen and oxygen atoms in total. The maximum Gasteiger partial charge on any atom is 0.331 e. The summed E-state index contributed by atoms with van der Waals surface area (Å²) in [7, 11) is 1.56. The standard InChI is InChI=1S/C19H24BrNO4/c1-13-5-3-4-6-16(13)21-18(22)12-25-19(23)10-7-14-11-15(20)8-9-17(14)24-2/h7-11,13,16H,3-6,12H2,1-2H3,(H,21,22)/b10-7+/t13-,16-/m1/s1. The second-order valence-corrected chi connectivity index (χ2v) is 7.18. The molecule has 25 heavy (non-hydrogen) atoms. The van der Waals surface area contributed by atoms with E-state index in [1.54, 1.807) is 19.3 Å². The van der Waals surface area contributed by atoms with Crippen molar-refractivity contribution in [1.82, 2.24) is 5.32 Å². The number of carbonyl (C=O) groups is 2. The topological polar surface area (TPSA) is 64.6 Å². The van der Waals surface area contributed by atoms with Gasteiger partial charge in [-0.25, -0.2) is 4.79 Å². The summed E-state index contributed by atoms with van der Waals surface area (Å²) in [5.41, 5.74) is 0.745. The second-order valence-electron chi connectivity index (χ2n) is 6.26. The van der Waals surface area contributed by atoms with Crippen LogP contribution in [0.15, 0.2) is 28.7 Å². The highest BCUT2D eigenvalue weighted by Crippen LogP contribution is 2.24. The van der Waals surface area contributed by atoms with E-state index in [-0.39, 0.29) is 18.6 Å². The fourth-order valence-electron chi connectivity index (χ4n) is 2.96. The molecule has 1 aliphatic rings. The molecule has 2 rings (SSSR count). The molecule has 0 bridgehead atoms. The number of halogens is 1. The molecule has 0 unspecified atom stereocenters. The molecular formula is C19H24BrNO4. The Hall–Kier alpha value is -1.82. The number of hydrogen-bond acceptors (Lipinski definition) is 4. The largest absolute Gasteiger partial charge is 0.496 e. The van der Waals surface area contributed by atoms with Gasteiger partial charge in [-0.2, -0.15) is 0 Å². The van der Waals surface area contributed by atoms with Crippen molar-refractivity contribution in [3.8, 4) is 5.75 Å². The van der Waals surface area contributed by atoms with Gasteiger partial charge in [0.25, 0.3) is 5.91 Å². The maximum absolute atomic E-state index is 11.9. The van der Waals surface area contributed by atoms with Crippen molar-refractivity contribution >= 4 is 33.9 Å². The zero-order chi connectivity index (χ0) is 18.2. The van der Waals surface area contributed by atoms with Gasteiger partial charge in [-0.3, -0.25) is 4.79 Å². The molecule has 1 aromatic rings. The smallest absolute Gasteiger partial charge is 0.331 e. The van der Waals surface area contributed by atoms with Crippen molar-refractivity contribution < 1.29 is 19.1 Å². The lowest BCUT2D eigenvalue weighted by molar-refractivity contribution is -0.144. The SMILES string of the molecule is COc1ccc(Br)cc1/C=C/C(=O)OCC(=O)N[C@@H]1CCCC[C@H]1C. The minimum absolute atomic E-state index is 0.182. The molecular weight excluding hydrogens is 386 g/mol.